The van der Waals surface area contributed by atoms with E-state index in [1.165, 1.54) is 0 Å². The molecule has 0 aliphatic rings. The van der Waals surface area contributed by atoms with Crippen molar-refractivity contribution in [2.75, 3.05) is 6.54 Å². The largest absolute Gasteiger partial charge is 0.487 e. The zero-order valence-corrected chi connectivity index (χ0v) is 18.9. The minimum Gasteiger partial charge on any atom is -0.487 e. The van der Waals surface area contributed by atoms with E-state index >= 15 is 0 Å². The van der Waals surface area contributed by atoms with Crippen LogP contribution >= 0.6 is 0 Å². The first-order chi connectivity index (χ1) is 16.7. The van der Waals surface area contributed by atoms with Crippen LogP contribution in [0.2, 0.25) is 0 Å². The van der Waals surface area contributed by atoms with Crippen LogP contribution in [0.5, 0.6) is 5.75 Å². The number of nitrogens with one attached hydrogen (secondary N) is 1. The van der Waals surface area contributed by atoms with E-state index in [1.807, 2.05) is 83.3 Å². The minimum atomic E-state index is -0.113. The summed E-state index contributed by atoms with van der Waals surface area (Å²) < 4.78 is 9.69. The normalized spacial score (nSPS) is 11.0. The predicted molar refractivity (Wildman–Crippen MR) is 130 cm³/mol. The summed E-state index contributed by atoms with van der Waals surface area (Å²) in [4.78, 5) is 17.1. The van der Waals surface area contributed by atoms with Crippen LogP contribution in [0.15, 0.2) is 91.5 Å². The lowest BCUT2D eigenvalue weighted by Crippen LogP contribution is -2.25. The molecule has 0 aliphatic carbocycles. The average molecular weight is 452 g/mol. The smallest absolute Gasteiger partial charge is 0.251 e. The number of aromatic nitrogens is 4. The summed E-state index contributed by atoms with van der Waals surface area (Å²) in [6.45, 7) is 2.93. The van der Waals surface area contributed by atoms with Gasteiger partial charge in [0.25, 0.3) is 5.91 Å². The number of para-hydroxylation sites is 1. The Morgan fingerprint density at radius 1 is 1.00 bits per heavy atom. The van der Waals surface area contributed by atoms with Crippen molar-refractivity contribution in [1.82, 2.24) is 24.5 Å². The van der Waals surface area contributed by atoms with E-state index in [-0.39, 0.29) is 5.91 Å². The van der Waals surface area contributed by atoms with Crippen LogP contribution in [0.4, 0.5) is 0 Å². The van der Waals surface area contributed by atoms with Crippen LogP contribution < -0.4 is 10.1 Å². The number of ether oxygens (including phenoxy) is 1. The molecule has 0 aliphatic heterocycles. The lowest BCUT2D eigenvalue weighted by atomic mass is 10.2. The third kappa shape index (κ3) is 4.83. The standard InChI is InChI=1S/C27H25N5O2/c1-20-6-5-15-31-18-23(30-26(20)31)19-34-25-11-9-22(10-12-25)27(33)28-14-13-21-16-29-32(17-21)24-7-3-2-4-8-24/h2-12,15-18H,13-14,19H2,1H3,(H,28,33). The summed E-state index contributed by atoms with van der Waals surface area (Å²) in [5.74, 6) is 0.580. The number of aryl methyl sites for hydroxylation is 1. The van der Waals surface area contributed by atoms with Crippen LogP contribution in [0.3, 0.4) is 0 Å². The number of hydrogen-bond acceptors (Lipinski definition) is 4. The van der Waals surface area contributed by atoms with Crippen molar-refractivity contribution in [3.05, 3.63) is 114 Å². The van der Waals surface area contributed by atoms with Gasteiger partial charge in [-0.3, -0.25) is 4.79 Å². The van der Waals surface area contributed by atoms with Crippen LogP contribution in [0.1, 0.15) is 27.2 Å². The third-order valence-corrected chi connectivity index (χ3v) is 5.59. The number of imidazole rings is 1. The number of carbonyl (C=O) groups excluding carboxylic acids is 1. The van der Waals surface area contributed by atoms with Crippen molar-refractivity contribution < 1.29 is 9.53 Å². The Morgan fingerprint density at radius 2 is 1.82 bits per heavy atom. The number of nitrogens with zero attached hydrogens (tertiary/aromatic N) is 4. The van der Waals surface area contributed by atoms with E-state index in [4.69, 9.17) is 4.74 Å². The van der Waals surface area contributed by atoms with Crippen molar-refractivity contribution in [3.63, 3.8) is 0 Å². The summed E-state index contributed by atoms with van der Waals surface area (Å²) in [5.41, 5.74) is 5.57. The number of hydrogen-bond donors (Lipinski definition) is 1. The van der Waals surface area contributed by atoms with Gasteiger partial charge in [-0.05, 0) is 66.9 Å². The molecule has 1 N–H and O–H groups in total. The Hall–Kier alpha value is -4.39. The molecule has 1 amide bonds. The number of rotatable bonds is 8. The molecule has 0 unspecified atom stereocenters. The maximum Gasteiger partial charge on any atom is 0.251 e. The SMILES string of the molecule is Cc1cccn2cc(COc3ccc(C(=O)NCCc4cnn(-c5ccccc5)c4)cc3)nc12. The molecule has 0 spiro atoms. The number of carbonyl (C=O) groups is 1. The minimum absolute atomic E-state index is 0.113. The van der Waals surface area contributed by atoms with E-state index < -0.39 is 0 Å². The highest BCUT2D eigenvalue weighted by Crippen LogP contribution is 2.16. The first kappa shape index (κ1) is 21.5. The zero-order valence-electron chi connectivity index (χ0n) is 18.9. The van der Waals surface area contributed by atoms with E-state index in [9.17, 15) is 4.79 Å². The molecule has 2 aromatic carbocycles. The second-order valence-corrected chi connectivity index (χ2v) is 8.10. The molecule has 0 saturated heterocycles. The van der Waals surface area contributed by atoms with Crippen molar-refractivity contribution in [1.29, 1.82) is 0 Å². The molecular formula is C27H25N5O2. The Kier molecular flexibility index (Phi) is 6.07. The molecule has 5 aromatic rings. The topological polar surface area (TPSA) is 73.5 Å². The van der Waals surface area contributed by atoms with Gasteiger partial charge in [0.1, 0.15) is 18.0 Å². The Balaban J connectivity index is 1.11. The highest BCUT2D eigenvalue weighted by molar-refractivity contribution is 5.94. The molecule has 34 heavy (non-hydrogen) atoms. The first-order valence-corrected chi connectivity index (χ1v) is 11.2. The summed E-state index contributed by atoms with van der Waals surface area (Å²) in [5, 5.41) is 7.36. The summed E-state index contributed by atoms with van der Waals surface area (Å²) in [6.07, 6.45) is 8.46. The highest BCUT2D eigenvalue weighted by atomic mass is 16.5. The fourth-order valence-electron chi connectivity index (χ4n) is 3.77. The lowest BCUT2D eigenvalue weighted by molar-refractivity contribution is 0.0954. The van der Waals surface area contributed by atoms with Crippen LogP contribution in [-0.4, -0.2) is 31.6 Å². The third-order valence-electron chi connectivity index (χ3n) is 5.59. The maximum absolute atomic E-state index is 12.5. The van der Waals surface area contributed by atoms with Gasteiger partial charge in [0.15, 0.2) is 0 Å². The quantitative estimate of drug-likeness (QED) is 0.380. The van der Waals surface area contributed by atoms with Gasteiger partial charge in [-0.2, -0.15) is 5.10 Å². The van der Waals surface area contributed by atoms with Gasteiger partial charge in [-0.25, -0.2) is 9.67 Å². The molecule has 3 aromatic heterocycles. The van der Waals surface area contributed by atoms with E-state index in [1.54, 1.807) is 24.3 Å². The maximum atomic E-state index is 12.5. The fraction of sp³-hybridized carbons (Fsp3) is 0.148. The van der Waals surface area contributed by atoms with Gasteiger partial charge in [-0.15, -0.1) is 0 Å². The molecule has 5 rings (SSSR count). The molecule has 0 saturated carbocycles. The van der Waals surface area contributed by atoms with Gasteiger partial charge in [0.05, 0.1) is 17.6 Å². The van der Waals surface area contributed by atoms with Gasteiger partial charge in [0.2, 0.25) is 0 Å². The number of benzene rings is 2. The summed E-state index contributed by atoms with van der Waals surface area (Å²) in [7, 11) is 0. The van der Waals surface area contributed by atoms with Gasteiger partial charge >= 0.3 is 0 Å². The van der Waals surface area contributed by atoms with Crippen LogP contribution in [-0.2, 0) is 13.0 Å². The molecule has 0 atom stereocenters. The molecule has 170 valence electrons. The number of pyridine rings is 1. The van der Waals surface area contributed by atoms with Crippen molar-refractivity contribution in [2.24, 2.45) is 0 Å². The van der Waals surface area contributed by atoms with Crippen molar-refractivity contribution in [3.8, 4) is 11.4 Å². The van der Waals surface area contributed by atoms with Crippen molar-refractivity contribution >= 4 is 11.6 Å². The Labute approximate surface area is 197 Å². The lowest BCUT2D eigenvalue weighted by Gasteiger charge is -2.07. The van der Waals surface area contributed by atoms with Gasteiger partial charge in [0, 0.05) is 30.7 Å². The Bertz CT molecular complexity index is 1400. The first-order valence-electron chi connectivity index (χ1n) is 11.2. The average Bonchev–Trinajstić information content (AvgIpc) is 3.51. The molecule has 0 radical (unpaired) electrons. The highest BCUT2D eigenvalue weighted by Gasteiger charge is 2.08. The molecule has 3 heterocycles. The van der Waals surface area contributed by atoms with Gasteiger partial charge < -0.3 is 14.5 Å². The van der Waals surface area contributed by atoms with E-state index in [0.717, 1.165) is 28.2 Å². The van der Waals surface area contributed by atoms with E-state index in [0.29, 0.717) is 30.9 Å². The van der Waals surface area contributed by atoms with Gasteiger partial charge in [-0.1, -0.05) is 24.3 Å². The molecule has 0 fully saturated rings. The number of amides is 1. The fourth-order valence-corrected chi connectivity index (χ4v) is 3.77. The molecule has 7 heteroatoms. The monoisotopic (exact) mass is 451 g/mol. The zero-order chi connectivity index (χ0) is 23.3. The molecule has 7 nitrogen and oxygen atoms in total. The van der Waals surface area contributed by atoms with E-state index in [2.05, 4.69) is 15.4 Å². The predicted octanol–water partition coefficient (Wildman–Crippen LogP) is 4.38. The van der Waals surface area contributed by atoms with Crippen LogP contribution in [0.25, 0.3) is 11.3 Å². The second-order valence-electron chi connectivity index (χ2n) is 8.10. The molecular weight excluding hydrogens is 426 g/mol. The summed E-state index contributed by atoms with van der Waals surface area (Å²) in [6, 6.07) is 21.1. The molecule has 0 bridgehead atoms. The Morgan fingerprint density at radius 3 is 2.62 bits per heavy atom. The second kappa shape index (κ2) is 9.62. The van der Waals surface area contributed by atoms with Crippen LogP contribution in [0, 0.1) is 6.92 Å². The number of fused-ring (bicyclic) bond motifs is 1. The summed E-state index contributed by atoms with van der Waals surface area (Å²) >= 11 is 0. The van der Waals surface area contributed by atoms with Crippen molar-refractivity contribution in [2.45, 2.75) is 20.0 Å².